The van der Waals surface area contributed by atoms with Crippen LogP contribution in [-0.2, 0) is 0 Å². The number of carbonyl (C=O) groups is 1. The number of hydrogen-bond acceptors (Lipinski definition) is 2. The van der Waals surface area contributed by atoms with E-state index in [0.717, 1.165) is 22.4 Å². The summed E-state index contributed by atoms with van der Waals surface area (Å²) >= 11 is 0. The van der Waals surface area contributed by atoms with Gasteiger partial charge in [0, 0.05) is 24.8 Å². The van der Waals surface area contributed by atoms with Gasteiger partial charge in [0.1, 0.15) is 0 Å². The van der Waals surface area contributed by atoms with Crippen molar-refractivity contribution in [3.05, 3.63) is 65.2 Å². The summed E-state index contributed by atoms with van der Waals surface area (Å²) < 4.78 is 0. The number of rotatable bonds is 7. The largest absolute Gasteiger partial charge is 0.396 e. The van der Waals surface area contributed by atoms with Crippen LogP contribution in [0.4, 0.5) is 10.5 Å². The average molecular weight is 340 g/mol. The van der Waals surface area contributed by atoms with Crippen LogP contribution in [0.5, 0.6) is 0 Å². The van der Waals surface area contributed by atoms with Crippen molar-refractivity contribution < 1.29 is 9.90 Å². The molecule has 0 aliphatic heterocycles. The lowest BCUT2D eigenvalue weighted by Gasteiger charge is -2.19. The minimum atomic E-state index is -0.213. The summed E-state index contributed by atoms with van der Waals surface area (Å²) in [6, 6.07) is 15.8. The number of urea groups is 1. The van der Waals surface area contributed by atoms with Gasteiger partial charge in [0.15, 0.2) is 0 Å². The summed E-state index contributed by atoms with van der Waals surface area (Å²) in [7, 11) is 0. The second kappa shape index (κ2) is 9.23. The van der Waals surface area contributed by atoms with E-state index in [1.54, 1.807) is 0 Å². The van der Waals surface area contributed by atoms with Gasteiger partial charge in [-0.25, -0.2) is 4.79 Å². The Kier molecular flexibility index (Phi) is 7.02. The molecular weight excluding hydrogens is 312 g/mol. The van der Waals surface area contributed by atoms with Gasteiger partial charge in [-0.15, -0.1) is 0 Å². The van der Waals surface area contributed by atoms with Crippen LogP contribution in [0.1, 0.15) is 48.8 Å². The molecule has 0 aliphatic carbocycles. The minimum Gasteiger partial charge on any atom is -0.396 e. The van der Waals surface area contributed by atoms with E-state index in [-0.39, 0.29) is 18.6 Å². The van der Waals surface area contributed by atoms with Gasteiger partial charge in [-0.1, -0.05) is 62.4 Å². The Morgan fingerprint density at radius 1 is 1.08 bits per heavy atom. The molecular formula is C21H28N2O2. The van der Waals surface area contributed by atoms with E-state index in [2.05, 4.69) is 24.5 Å². The highest BCUT2D eigenvalue weighted by molar-refractivity contribution is 5.91. The van der Waals surface area contributed by atoms with Gasteiger partial charge < -0.3 is 15.7 Å². The molecule has 0 heterocycles. The van der Waals surface area contributed by atoms with Crippen molar-refractivity contribution in [1.82, 2.24) is 5.32 Å². The Morgan fingerprint density at radius 2 is 1.80 bits per heavy atom. The van der Waals surface area contributed by atoms with Gasteiger partial charge in [0.25, 0.3) is 0 Å². The number of aryl methyl sites for hydroxylation is 1. The van der Waals surface area contributed by atoms with Crippen molar-refractivity contribution in [2.75, 3.05) is 18.5 Å². The molecule has 0 spiro atoms. The van der Waals surface area contributed by atoms with Crippen molar-refractivity contribution in [2.45, 2.75) is 39.0 Å². The molecule has 0 saturated heterocycles. The standard InChI is InChI=1S/C21H28N2O2/c1-15(2)19-11-7-8-16(3)20(19)23-21(25)22-14-18(12-13-24)17-9-5-4-6-10-17/h4-11,15,18,24H,12-14H2,1-3H3,(H2,22,23,25). The summed E-state index contributed by atoms with van der Waals surface area (Å²) in [6.07, 6.45) is 0.617. The van der Waals surface area contributed by atoms with Crippen LogP contribution in [0.2, 0.25) is 0 Å². The van der Waals surface area contributed by atoms with E-state index >= 15 is 0 Å². The topological polar surface area (TPSA) is 61.4 Å². The Bertz CT molecular complexity index is 684. The molecule has 2 aromatic carbocycles. The number of aliphatic hydroxyl groups excluding tert-OH is 1. The Balaban J connectivity index is 2.03. The molecule has 2 amide bonds. The highest BCUT2D eigenvalue weighted by atomic mass is 16.3. The zero-order chi connectivity index (χ0) is 18.2. The van der Waals surface area contributed by atoms with Crippen LogP contribution in [0.3, 0.4) is 0 Å². The van der Waals surface area contributed by atoms with E-state index in [0.29, 0.717) is 18.9 Å². The van der Waals surface area contributed by atoms with Gasteiger partial charge in [-0.3, -0.25) is 0 Å². The first-order valence-electron chi connectivity index (χ1n) is 8.83. The normalized spacial score (nSPS) is 12.0. The molecule has 3 N–H and O–H groups in total. The second-order valence-electron chi connectivity index (χ2n) is 6.65. The number of carbonyl (C=O) groups excluding carboxylic acids is 1. The summed E-state index contributed by atoms with van der Waals surface area (Å²) in [5, 5.41) is 15.2. The summed E-state index contributed by atoms with van der Waals surface area (Å²) in [5.41, 5.74) is 4.19. The van der Waals surface area contributed by atoms with Crippen molar-refractivity contribution >= 4 is 11.7 Å². The van der Waals surface area contributed by atoms with Gasteiger partial charge in [0.2, 0.25) is 0 Å². The highest BCUT2D eigenvalue weighted by Gasteiger charge is 2.15. The monoisotopic (exact) mass is 340 g/mol. The first kappa shape index (κ1) is 19.0. The van der Waals surface area contributed by atoms with Crippen LogP contribution < -0.4 is 10.6 Å². The SMILES string of the molecule is Cc1cccc(C(C)C)c1NC(=O)NCC(CCO)c1ccccc1. The van der Waals surface area contributed by atoms with E-state index in [1.165, 1.54) is 0 Å². The molecule has 0 radical (unpaired) electrons. The number of hydrogen-bond donors (Lipinski definition) is 3. The molecule has 2 rings (SSSR count). The first-order chi connectivity index (χ1) is 12.0. The van der Waals surface area contributed by atoms with Gasteiger partial charge in [-0.2, -0.15) is 0 Å². The maximum Gasteiger partial charge on any atom is 0.319 e. The van der Waals surface area contributed by atoms with Crippen molar-refractivity contribution in [3.63, 3.8) is 0 Å². The van der Waals surface area contributed by atoms with E-state index < -0.39 is 0 Å². The molecule has 0 aliphatic rings. The van der Waals surface area contributed by atoms with Crippen LogP contribution in [0.25, 0.3) is 0 Å². The predicted octanol–water partition coefficient (Wildman–Crippen LogP) is 4.41. The van der Waals surface area contributed by atoms with Crippen LogP contribution >= 0.6 is 0 Å². The molecule has 1 atom stereocenters. The number of nitrogens with one attached hydrogen (secondary N) is 2. The lowest BCUT2D eigenvalue weighted by molar-refractivity contribution is 0.248. The molecule has 0 saturated carbocycles. The number of anilines is 1. The van der Waals surface area contributed by atoms with Gasteiger partial charge in [-0.05, 0) is 36.0 Å². The summed E-state index contributed by atoms with van der Waals surface area (Å²) in [5.74, 6) is 0.431. The number of para-hydroxylation sites is 1. The zero-order valence-electron chi connectivity index (χ0n) is 15.3. The average Bonchev–Trinajstić information content (AvgIpc) is 2.61. The lowest BCUT2D eigenvalue weighted by Crippen LogP contribution is -2.33. The number of amides is 2. The molecule has 0 bridgehead atoms. The summed E-state index contributed by atoms with van der Waals surface area (Å²) in [4.78, 5) is 12.4. The van der Waals surface area contributed by atoms with Gasteiger partial charge in [0.05, 0.1) is 0 Å². The fourth-order valence-corrected chi connectivity index (χ4v) is 2.98. The maximum absolute atomic E-state index is 12.4. The van der Waals surface area contributed by atoms with Gasteiger partial charge >= 0.3 is 6.03 Å². The fraction of sp³-hybridized carbons (Fsp3) is 0.381. The smallest absolute Gasteiger partial charge is 0.319 e. The van der Waals surface area contributed by atoms with E-state index in [1.807, 2.05) is 55.5 Å². The van der Waals surface area contributed by atoms with Crippen molar-refractivity contribution in [2.24, 2.45) is 0 Å². The predicted molar refractivity (Wildman–Crippen MR) is 103 cm³/mol. The molecule has 2 aromatic rings. The van der Waals surface area contributed by atoms with Crippen LogP contribution in [0, 0.1) is 6.92 Å². The summed E-state index contributed by atoms with van der Waals surface area (Å²) in [6.45, 7) is 6.81. The molecule has 4 heteroatoms. The third-order valence-electron chi connectivity index (χ3n) is 4.42. The maximum atomic E-state index is 12.4. The Labute approximate surface area is 150 Å². The van der Waals surface area contributed by atoms with Crippen molar-refractivity contribution in [1.29, 1.82) is 0 Å². The van der Waals surface area contributed by atoms with E-state index in [4.69, 9.17) is 0 Å². The van der Waals surface area contributed by atoms with Crippen LogP contribution in [0.15, 0.2) is 48.5 Å². The van der Waals surface area contributed by atoms with E-state index in [9.17, 15) is 9.90 Å². The second-order valence-corrected chi connectivity index (χ2v) is 6.65. The molecule has 1 unspecified atom stereocenters. The Hall–Kier alpha value is -2.33. The number of benzene rings is 2. The fourth-order valence-electron chi connectivity index (χ4n) is 2.98. The van der Waals surface area contributed by atoms with Crippen molar-refractivity contribution in [3.8, 4) is 0 Å². The minimum absolute atomic E-state index is 0.0954. The molecule has 0 aromatic heterocycles. The highest BCUT2D eigenvalue weighted by Crippen LogP contribution is 2.27. The third-order valence-corrected chi connectivity index (χ3v) is 4.42. The first-order valence-corrected chi connectivity index (χ1v) is 8.83. The molecule has 25 heavy (non-hydrogen) atoms. The zero-order valence-corrected chi connectivity index (χ0v) is 15.3. The molecule has 134 valence electrons. The lowest BCUT2D eigenvalue weighted by atomic mass is 9.96. The third kappa shape index (κ3) is 5.33. The quantitative estimate of drug-likeness (QED) is 0.699. The number of aliphatic hydroxyl groups is 1. The Morgan fingerprint density at radius 3 is 2.44 bits per heavy atom. The van der Waals surface area contributed by atoms with Crippen LogP contribution in [-0.4, -0.2) is 24.3 Å². The molecule has 4 nitrogen and oxygen atoms in total. The molecule has 0 fully saturated rings.